The molecule has 0 aliphatic carbocycles. The fourth-order valence-corrected chi connectivity index (χ4v) is 1.93. The standard InChI is InChI=1S/C12H14N4O3S/c1-17-8-4-3-7(5-9(8)18-2)11-16-15-10(19-11)6-20-12(13)14/h3-5H,6H2,1-2H3,(H3,13,14). The summed E-state index contributed by atoms with van der Waals surface area (Å²) in [5.74, 6) is 2.38. The summed E-state index contributed by atoms with van der Waals surface area (Å²) in [6.07, 6.45) is 0. The van der Waals surface area contributed by atoms with E-state index < -0.39 is 0 Å². The second kappa shape index (κ2) is 6.29. The minimum atomic E-state index is 0.0101. The van der Waals surface area contributed by atoms with Crippen molar-refractivity contribution in [2.45, 2.75) is 5.75 Å². The summed E-state index contributed by atoms with van der Waals surface area (Å²) in [6, 6.07) is 5.33. The zero-order valence-electron chi connectivity index (χ0n) is 11.0. The maximum atomic E-state index is 7.13. The Balaban J connectivity index is 2.21. The summed E-state index contributed by atoms with van der Waals surface area (Å²) in [7, 11) is 3.13. The van der Waals surface area contributed by atoms with E-state index in [1.54, 1.807) is 32.4 Å². The molecule has 1 heterocycles. The van der Waals surface area contributed by atoms with Crippen molar-refractivity contribution in [3.05, 3.63) is 24.1 Å². The van der Waals surface area contributed by atoms with E-state index in [1.165, 1.54) is 0 Å². The summed E-state index contributed by atoms with van der Waals surface area (Å²) in [6.45, 7) is 0. The van der Waals surface area contributed by atoms with Gasteiger partial charge in [-0.15, -0.1) is 10.2 Å². The maximum Gasteiger partial charge on any atom is 0.247 e. The minimum absolute atomic E-state index is 0.0101. The highest BCUT2D eigenvalue weighted by molar-refractivity contribution is 8.12. The first-order chi connectivity index (χ1) is 9.63. The first-order valence-corrected chi connectivity index (χ1v) is 6.64. The van der Waals surface area contributed by atoms with Crippen LogP contribution in [0, 0.1) is 5.41 Å². The molecule has 1 aromatic heterocycles. The molecule has 3 N–H and O–H groups in total. The average molecular weight is 294 g/mol. The Hall–Kier alpha value is -2.22. The lowest BCUT2D eigenvalue weighted by atomic mass is 10.2. The van der Waals surface area contributed by atoms with E-state index in [0.29, 0.717) is 29.0 Å². The third-order valence-corrected chi connectivity index (χ3v) is 3.15. The van der Waals surface area contributed by atoms with E-state index in [4.69, 9.17) is 25.0 Å². The molecule has 2 rings (SSSR count). The van der Waals surface area contributed by atoms with Crippen molar-refractivity contribution in [3.63, 3.8) is 0 Å². The van der Waals surface area contributed by atoms with Gasteiger partial charge in [0.15, 0.2) is 16.7 Å². The number of nitrogens with one attached hydrogen (secondary N) is 1. The van der Waals surface area contributed by atoms with Crippen LogP contribution in [0.15, 0.2) is 22.6 Å². The molecule has 0 aliphatic rings. The highest BCUT2D eigenvalue weighted by Crippen LogP contribution is 2.31. The number of aromatic nitrogens is 2. The summed E-state index contributed by atoms with van der Waals surface area (Å²) in [4.78, 5) is 0. The molecule has 7 nitrogen and oxygen atoms in total. The van der Waals surface area contributed by atoms with Gasteiger partial charge in [0.2, 0.25) is 11.8 Å². The normalized spacial score (nSPS) is 10.3. The fourth-order valence-electron chi connectivity index (χ4n) is 1.54. The number of hydrogen-bond acceptors (Lipinski definition) is 7. The van der Waals surface area contributed by atoms with Crippen molar-refractivity contribution in [2.24, 2.45) is 5.73 Å². The largest absolute Gasteiger partial charge is 0.493 e. The van der Waals surface area contributed by atoms with Crippen LogP contribution in [0.5, 0.6) is 11.5 Å². The third-order valence-electron chi connectivity index (χ3n) is 2.45. The SMILES string of the molecule is COc1ccc(-c2nnc(CSC(=N)N)o2)cc1OC. The van der Waals surface area contributed by atoms with Crippen LogP contribution in [-0.4, -0.2) is 29.6 Å². The molecule has 0 saturated heterocycles. The predicted molar refractivity (Wildman–Crippen MR) is 76.0 cm³/mol. The molecule has 1 aromatic carbocycles. The highest BCUT2D eigenvalue weighted by Gasteiger charge is 2.12. The van der Waals surface area contributed by atoms with Crippen molar-refractivity contribution in [3.8, 4) is 23.0 Å². The Kier molecular flexibility index (Phi) is 4.46. The van der Waals surface area contributed by atoms with Crippen molar-refractivity contribution >= 4 is 16.9 Å². The molecule has 0 fully saturated rings. The predicted octanol–water partition coefficient (Wildman–Crippen LogP) is 1.88. The van der Waals surface area contributed by atoms with E-state index in [2.05, 4.69) is 10.2 Å². The van der Waals surface area contributed by atoms with Gasteiger partial charge < -0.3 is 19.6 Å². The van der Waals surface area contributed by atoms with Gasteiger partial charge in [0.05, 0.1) is 20.0 Å². The van der Waals surface area contributed by atoms with E-state index in [0.717, 1.165) is 17.3 Å². The molecule has 0 radical (unpaired) electrons. The van der Waals surface area contributed by atoms with Gasteiger partial charge in [0, 0.05) is 5.56 Å². The van der Waals surface area contributed by atoms with Crippen LogP contribution in [0.4, 0.5) is 0 Å². The minimum Gasteiger partial charge on any atom is -0.493 e. The Morgan fingerprint density at radius 1 is 1.30 bits per heavy atom. The maximum absolute atomic E-state index is 7.13. The van der Waals surface area contributed by atoms with Crippen LogP contribution in [-0.2, 0) is 5.75 Å². The summed E-state index contributed by atoms with van der Waals surface area (Å²) in [5.41, 5.74) is 5.98. The summed E-state index contributed by atoms with van der Waals surface area (Å²) < 4.78 is 15.9. The molecule has 2 aromatic rings. The topological polar surface area (TPSA) is 107 Å². The number of benzene rings is 1. The lowest BCUT2D eigenvalue weighted by molar-refractivity contribution is 0.355. The zero-order chi connectivity index (χ0) is 14.5. The van der Waals surface area contributed by atoms with Gasteiger partial charge in [-0.1, -0.05) is 11.8 Å². The molecule has 20 heavy (non-hydrogen) atoms. The Morgan fingerprint density at radius 3 is 2.70 bits per heavy atom. The van der Waals surface area contributed by atoms with Gasteiger partial charge in [-0.3, -0.25) is 5.41 Å². The molecule has 0 aliphatic heterocycles. The molecule has 0 amide bonds. The zero-order valence-corrected chi connectivity index (χ0v) is 11.9. The molecular weight excluding hydrogens is 280 g/mol. The number of nitrogens with zero attached hydrogens (tertiary/aromatic N) is 2. The van der Waals surface area contributed by atoms with E-state index in [1.807, 2.05) is 0 Å². The third kappa shape index (κ3) is 3.21. The Labute approximate surface area is 120 Å². The van der Waals surface area contributed by atoms with Gasteiger partial charge in [-0.05, 0) is 18.2 Å². The number of nitrogens with two attached hydrogens (primary N) is 1. The van der Waals surface area contributed by atoms with Crippen LogP contribution in [0.3, 0.4) is 0 Å². The molecule has 0 bridgehead atoms. The number of ether oxygens (including phenoxy) is 2. The van der Waals surface area contributed by atoms with Gasteiger partial charge in [-0.25, -0.2) is 0 Å². The van der Waals surface area contributed by atoms with Gasteiger partial charge in [0.1, 0.15) is 0 Å². The van der Waals surface area contributed by atoms with Crippen molar-refractivity contribution in [1.82, 2.24) is 10.2 Å². The molecule has 106 valence electrons. The summed E-state index contributed by atoms with van der Waals surface area (Å²) in [5, 5.41) is 15.0. The number of methoxy groups -OCH3 is 2. The second-order valence-electron chi connectivity index (χ2n) is 3.72. The lowest BCUT2D eigenvalue weighted by Gasteiger charge is -2.07. The number of rotatable bonds is 5. The molecular formula is C12H14N4O3S. The van der Waals surface area contributed by atoms with Gasteiger partial charge >= 0.3 is 0 Å². The van der Waals surface area contributed by atoms with E-state index >= 15 is 0 Å². The van der Waals surface area contributed by atoms with Crippen LogP contribution in [0.2, 0.25) is 0 Å². The lowest BCUT2D eigenvalue weighted by Crippen LogP contribution is -2.03. The number of hydrogen-bond donors (Lipinski definition) is 2. The van der Waals surface area contributed by atoms with Crippen molar-refractivity contribution < 1.29 is 13.9 Å². The number of thioether (sulfide) groups is 1. The Morgan fingerprint density at radius 2 is 2.05 bits per heavy atom. The fraction of sp³-hybridized carbons (Fsp3) is 0.250. The highest BCUT2D eigenvalue weighted by atomic mass is 32.2. The summed E-state index contributed by atoms with van der Waals surface area (Å²) >= 11 is 1.13. The van der Waals surface area contributed by atoms with Crippen LogP contribution >= 0.6 is 11.8 Å². The van der Waals surface area contributed by atoms with Gasteiger partial charge in [-0.2, -0.15) is 0 Å². The smallest absolute Gasteiger partial charge is 0.247 e. The second-order valence-corrected chi connectivity index (χ2v) is 4.74. The molecule has 0 atom stereocenters. The first kappa shape index (κ1) is 14.2. The van der Waals surface area contributed by atoms with E-state index in [-0.39, 0.29) is 5.17 Å². The van der Waals surface area contributed by atoms with Crippen molar-refractivity contribution in [2.75, 3.05) is 14.2 Å². The first-order valence-electron chi connectivity index (χ1n) is 5.65. The average Bonchev–Trinajstić information content (AvgIpc) is 2.93. The van der Waals surface area contributed by atoms with Crippen LogP contribution in [0.1, 0.15) is 5.89 Å². The Bertz CT molecular complexity index is 614. The number of amidine groups is 1. The molecule has 0 unspecified atom stereocenters. The quantitative estimate of drug-likeness (QED) is 0.640. The van der Waals surface area contributed by atoms with Crippen LogP contribution in [0.25, 0.3) is 11.5 Å². The molecule has 0 saturated carbocycles. The monoisotopic (exact) mass is 294 g/mol. The molecule has 0 spiro atoms. The van der Waals surface area contributed by atoms with Crippen LogP contribution < -0.4 is 15.2 Å². The van der Waals surface area contributed by atoms with Gasteiger partial charge in [0.25, 0.3) is 0 Å². The van der Waals surface area contributed by atoms with E-state index in [9.17, 15) is 0 Å². The molecule has 8 heteroatoms. The van der Waals surface area contributed by atoms with Crippen molar-refractivity contribution in [1.29, 1.82) is 5.41 Å².